The number of rotatable bonds is 9. The Morgan fingerprint density at radius 3 is 1.28 bits per heavy atom. The molecule has 2 aromatic carbocycles. The summed E-state index contributed by atoms with van der Waals surface area (Å²) in [7, 11) is 9.15. The van der Waals surface area contributed by atoms with E-state index in [1.807, 2.05) is 0 Å². The molecule has 0 atom stereocenters. The van der Waals surface area contributed by atoms with Crippen molar-refractivity contribution < 1.29 is 26.5 Å². The number of nitrogens with one attached hydrogen (secondary N) is 1. The smallest absolute Gasteiger partial charge is 0.104 e. The van der Waals surface area contributed by atoms with E-state index in [9.17, 15) is 5.11 Å². The van der Waals surface area contributed by atoms with Crippen molar-refractivity contribution in [2.24, 2.45) is 0 Å². The summed E-state index contributed by atoms with van der Waals surface area (Å²) < 4.78 is 2.17. The van der Waals surface area contributed by atoms with Crippen molar-refractivity contribution in [2.45, 2.75) is 39.8 Å². The maximum absolute atomic E-state index is 9.36. The third-order valence-corrected chi connectivity index (χ3v) is 4.75. The lowest BCUT2D eigenvalue weighted by Gasteiger charge is -2.29. The molecule has 0 aliphatic heterocycles. The van der Waals surface area contributed by atoms with Crippen LogP contribution in [-0.4, -0.2) is 56.1 Å². The van der Waals surface area contributed by atoms with Gasteiger partial charge >= 0.3 is 0 Å². The molecule has 0 aromatic heterocycles. The third kappa shape index (κ3) is 17.5. The van der Waals surface area contributed by atoms with Gasteiger partial charge in [0.2, 0.25) is 0 Å². The van der Waals surface area contributed by atoms with Gasteiger partial charge in [-0.3, -0.25) is 0 Å². The van der Waals surface area contributed by atoms with Crippen LogP contribution in [0.3, 0.4) is 0 Å². The van der Waals surface area contributed by atoms with Crippen LogP contribution in [0.2, 0.25) is 0 Å². The second-order valence-corrected chi connectivity index (χ2v) is 9.17. The second kappa shape index (κ2) is 17.4. The Kier molecular flexibility index (Phi) is 17.4. The summed E-state index contributed by atoms with van der Waals surface area (Å²) in [5, 5.41) is 15.4. The molecule has 4 nitrogen and oxygen atoms in total. The van der Waals surface area contributed by atoms with E-state index in [-0.39, 0.29) is 12.4 Å². The minimum absolute atomic E-state index is 0. The molecule has 0 fully saturated rings. The minimum Gasteiger partial charge on any atom is -1.00 e. The van der Waals surface area contributed by atoms with E-state index in [2.05, 4.69) is 109 Å². The van der Waals surface area contributed by atoms with Crippen molar-refractivity contribution in [1.29, 1.82) is 5.41 Å². The van der Waals surface area contributed by atoms with Crippen LogP contribution in [0.4, 0.5) is 0 Å². The SMILES string of the molecule is C=CC(=N)[O-].CCC[N+](C)(C)Cc1ccccc1.CCC[N+](C)(C)Cc1ccccc1.[Cl-]. The molecule has 2 aromatic rings. The molecule has 2 rings (SSSR count). The summed E-state index contributed by atoms with van der Waals surface area (Å²) in [6.45, 7) is 12.3. The van der Waals surface area contributed by atoms with Gasteiger partial charge in [0.15, 0.2) is 0 Å². The van der Waals surface area contributed by atoms with Crippen LogP contribution in [0.5, 0.6) is 0 Å². The van der Waals surface area contributed by atoms with E-state index in [1.54, 1.807) is 0 Å². The van der Waals surface area contributed by atoms with Gasteiger partial charge in [-0.1, -0.05) is 87.2 Å². The summed E-state index contributed by atoms with van der Waals surface area (Å²) in [5.74, 6) is -0.731. The predicted octanol–water partition coefficient (Wildman–Crippen LogP) is 1.86. The number of hydrogen-bond acceptors (Lipinski definition) is 2. The van der Waals surface area contributed by atoms with Gasteiger partial charge in [-0.25, -0.2) is 0 Å². The van der Waals surface area contributed by atoms with Gasteiger partial charge in [0.05, 0.1) is 41.3 Å². The average Bonchev–Trinajstić information content (AvgIpc) is 2.69. The van der Waals surface area contributed by atoms with Crippen molar-refractivity contribution in [3.63, 3.8) is 0 Å². The fourth-order valence-electron chi connectivity index (χ4n) is 3.52. The Hall–Kier alpha value is -2.14. The number of quaternary nitrogens is 2. The quantitative estimate of drug-likeness (QED) is 0.346. The standard InChI is InChI=1S/2C12H20N.C3H5NO.ClH/c2*1-4-10-13(2,3)11-12-8-6-5-7-9-12;1-2-3(4)5;/h2*5-9H,4,10-11H2,1-3H3;2H,1H2,(H2,4,5);1H/q2*+1;;/p-2. The molecule has 180 valence electrons. The van der Waals surface area contributed by atoms with Gasteiger partial charge in [0.1, 0.15) is 13.1 Å². The summed E-state index contributed by atoms with van der Waals surface area (Å²) in [5.41, 5.74) is 2.86. The normalized spacial score (nSPS) is 10.4. The summed E-state index contributed by atoms with van der Waals surface area (Å²) >= 11 is 0. The average molecular weight is 462 g/mol. The van der Waals surface area contributed by atoms with E-state index in [0.717, 1.165) is 28.1 Å². The lowest BCUT2D eigenvalue weighted by atomic mass is 10.2. The highest BCUT2D eigenvalue weighted by atomic mass is 35.5. The zero-order valence-corrected chi connectivity index (χ0v) is 21.7. The van der Waals surface area contributed by atoms with Crippen LogP contribution in [0.25, 0.3) is 0 Å². The van der Waals surface area contributed by atoms with Gasteiger partial charge in [-0.15, -0.1) is 0 Å². The fourth-order valence-corrected chi connectivity index (χ4v) is 3.52. The molecule has 0 saturated carbocycles. The molecule has 0 bridgehead atoms. The molecular formula is C27H44ClN3O. The largest absolute Gasteiger partial charge is 1.00 e. The fraction of sp³-hybridized carbons (Fsp3) is 0.444. The predicted molar refractivity (Wildman–Crippen MR) is 133 cm³/mol. The topological polar surface area (TPSA) is 46.9 Å². The molecule has 0 aliphatic carbocycles. The first-order chi connectivity index (χ1) is 14.5. The van der Waals surface area contributed by atoms with Gasteiger partial charge in [-0.2, -0.15) is 0 Å². The summed E-state index contributed by atoms with van der Waals surface area (Å²) in [6, 6.07) is 21.4. The van der Waals surface area contributed by atoms with E-state index < -0.39 is 5.90 Å². The highest BCUT2D eigenvalue weighted by molar-refractivity contribution is 5.79. The Morgan fingerprint density at radius 1 is 0.781 bits per heavy atom. The lowest BCUT2D eigenvalue weighted by Crippen LogP contribution is -3.00. The zero-order valence-electron chi connectivity index (χ0n) is 21.0. The van der Waals surface area contributed by atoms with Crippen LogP contribution < -0.4 is 17.5 Å². The van der Waals surface area contributed by atoms with Crippen molar-refractivity contribution >= 4 is 5.90 Å². The van der Waals surface area contributed by atoms with Crippen LogP contribution in [0.1, 0.15) is 37.8 Å². The van der Waals surface area contributed by atoms with Gasteiger partial charge in [0, 0.05) is 11.1 Å². The van der Waals surface area contributed by atoms with E-state index in [1.165, 1.54) is 37.1 Å². The molecule has 1 N–H and O–H groups in total. The molecule has 0 spiro atoms. The molecule has 0 saturated heterocycles. The molecule has 5 heteroatoms. The van der Waals surface area contributed by atoms with Gasteiger partial charge < -0.3 is 31.9 Å². The maximum atomic E-state index is 9.36. The first-order valence-corrected chi connectivity index (χ1v) is 11.1. The van der Waals surface area contributed by atoms with Crippen molar-refractivity contribution in [3.8, 4) is 0 Å². The van der Waals surface area contributed by atoms with Gasteiger partial charge in [-0.05, 0) is 18.7 Å². The maximum Gasteiger partial charge on any atom is 0.104 e. The van der Waals surface area contributed by atoms with Crippen molar-refractivity contribution in [2.75, 3.05) is 41.3 Å². The Bertz CT molecular complexity index is 676. The third-order valence-electron chi connectivity index (χ3n) is 4.75. The van der Waals surface area contributed by atoms with Gasteiger partial charge in [0.25, 0.3) is 0 Å². The number of benzene rings is 2. The second-order valence-electron chi connectivity index (χ2n) is 9.17. The number of hydrogen-bond donors (Lipinski definition) is 1. The van der Waals surface area contributed by atoms with Crippen LogP contribution >= 0.6 is 0 Å². The van der Waals surface area contributed by atoms with Crippen LogP contribution in [-0.2, 0) is 13.1 Å². The van der Waals surface area contributed by atoms with Crippen LogP contribution in [0, 0.1) is 5.41 Å². The highest BCUT2D eigenvalue weighted by Crippen LogP contribution is 2.10. The number of halogens is 1. The Labute approximate surface area is 203 Å². The Balaban J connectivity index is 0. The zero-order chi connectivity index (χ0) is 23.8. The molecule has 0 aliphatic rings. The number of nitrogens with zero attached hydrogens (tertiary/aromatic N) is 2. The highest BCUT2D eigenvalue weighted by Gasteiger charge is 2.14. The lowest BCUT2D eigenvalue weighted by molar-refractivity contribution is -0.903. The molecule has 32 heavy (non-hydrogen) atoms. The summed E-state index contributed by atoms with van der Waals surface area (Å²) in [4.78, 5) is 0. The van der Waals surface area contributed by atoms with E-state index >= 15 is 0 Å². The minimum atomic E-state index is -0.731. The monoisotopic (exact) mass is 461 g/mol. The van der Waals surface area contributed by atoms with Crippen molar-refractivity contribution in [3.05, 3.63) is 84.4 Å². The van der Waals surface area contributed by atoms with E-state index in [4.69, 9.17) is 5.41 Å². The van der Waals surface area contributed by atoms with Crippen LogP contribution in [0.15, 0.2) is 73.3 Å². The van der Waals surface area contributed by atoms with E-state index in [0.29, 0.717) is 0 Å². The molecule has 0 heterocycles. The molecule has 0 radical (unpaired) electrons. The first kappa shape index (κ1) is 32.0. The van der Waals surface area contributed by atoms with Crippen molar-refractivity contribution in [1.82, 2.24) is 0 Å². The molecule has 0 unspecified atom stereocenters. The first-order valence-electron chi connectivity index (χ1n) is 11.1. The summed E-state index contributed by atoms with van der Waals surface area (Å²) in [6.07, 6.45) is 3.44. The molecular weight excluding hydrogens is 418 g/mol. The Morgan fingerprint density at radius 2 is 1.06 bits per heavy atom. The molecule has 0 amide bonds.